The van der Waals surface area contributed by atoms with Gasteiger partial charge in [0.25, 0.3) is 0 Å². The fourth-order valence-electron chi connectivity index (χ4n) is 4.27. The van der Waals surface area contributed by atoms with Crippen molar-refractivity contribution in [2.24, 2.45) is 11.8 Å². The number of nitrogens with zero attached hydrogens (tertiary/aromatic N) is 1. The van der Waals surface area contributed by atoms with E-state index < -0.39 is 18.0 Å². The van der Waals surface area contributed by atoms with Crippen molar-refractivity contribution in [2.45, 2.75) is 44.4 Å². The summed E-state index contributed by atoms with van der Waals surface area (Å²) >= 11 is 0. The quantitative estimate of drug-likeness (QED) is 0.464. The lowest BCUT2D eigenvalue weighted by molar-refractivity contribution is -0.164. The van der Waals surface area contributed by atoms with Gasteiger partial charge in [0, 0.05) is 13.0 Å². The largest absolute Gasteiger partial charge is 0.457 e. The van der Waals surface area contributed by atoms with Crippen molar-refractivity contribution in [2.75, 3.05) is 13.7 Å². The van der Waals surface area contributed by atoms with Crippen LogP contribution in [0.25, 0.3) is 0 Å². The maximum Gasteiger partial charge on any atom is 0.355 e. The van der Waals surface area contributed by atoms with Gasteiger partial charge in [-0.05, 0) is 31.8 Å². The molecular formula is C17H23NO5. The zero-order valence-electron chi connectivity index (χ0n) is 13.5. The number of hydrogen-bond donors (Lipinski definition) is 1. The molecule has 0 bridgehead atoms. The molecule has 6 nitrogen and oxygen atoms in total. The number of hydrogen-bond acceptors (Lipinski definition) is 5. The molecule has 1 aliphatic carbocycles. The summed E-state index contributed by atoms with van der Waals surface area (Å²) in [5, 5.41) is 9.94. The Bertz CT molecular complexity index is 567. The van der Waals surface area contributed by atoms with Crippen LogP contribution < -0.4 is 0 Å². The number of aliphatic hydroxyl groups is 1. The molecule has 1 N–H and O–H groups in total. The maximum atomic E-state index is 12.5. The maximum absolute atomic E-state index is 12.5. The van der Waals surface area contributed by atoms with E-state index in [0.717, 1.165) is 24.8 Å². The van der Waals surface area contributed by atoms with E-state index in [9.17, 15) is 14.7 Å². The van der Waals surface area contributed by atoms with Crippen LogP contribution in [0.2, 0.25) is 0 Å². The van der Waals surface area contributed by atoms with Gasteiger partial charge in [0.15, 0.2) is 0 Å². The van der Waals surface area contributed by atoms with Crippen molar-refractivity contribution in [3.8, 4) is 0 Å². The lowest BCUT2D eigenvalue weighted by Crippen LogP contribution is -2.64. The van der Waals surface area contributed by atoms with Crippen molar-refractivity contribution in [3.05, 3.63) is 23.9 Å². The van der Waals surface area contributed by atoms with E-state index in [4.69, 9.17) is 9.47 Å². The van der Waals surface area contributed by atoms with Crippen molar-refractivity contribution in [3.63, 3.8) is 0 Å². The topological polar surface area (TPSA) is 76.1 Å². The van der Waals surface area contributed by atoms with Crippen LogP contribution in [-0.4, -0.2) is 53.8 Å². The van der Waals surface area contributed by atoms with Crippen LogP contribution in [0.1, 0.15) is 26.2 Å². The van der Waals surface area contributed by atoms with E-state index in [-0.39, 0.29) is 30.6 Å². The Morgan fingerprint density at radius 3 is 2.87 bits per heavy atom. The number of carbonyl (C=O) groups is 2. The van der Waals surface area contributed by atoms with Crippen molar-refractivity contribution >= 4 is 11.9 Å². The van der Waals surface area contributed by atoms with Crippen molar-refractivity contribution in [1.29, 1.82) is 0 Å². The molecule has 126 valence electrons. The van der Waals surface area contributed by atoms with Crippen LogP contribution in [0.4, 0.5) is 0 Å². The molecule has 0 spiro atoms. The number of carbonyl (C=O) groups excluding carboxylic acids is 2. The van der Waals surface area contributed by atoms with Crippen LogP contribution in [0.3, 0.4) is 0 Å². The molecule has 6 heteroatoms. The predicted octanol–water partition coefficient (Wildman–Crippen LogP) is 1.01. The summed E-state index contributed by atoms with van der Waals surface area (Å²) in [5.74, 6) is -1.09. The Morgan fingerprint density at radius 2 is 2.26 bits per heavy atom. The van der Waals surface area contributed by atoms with E-state index in [1.165, 1.54) is 11.0 Å². The Hall–Kier alpha value is -1.66. The first-order chi connectivity index (χ1) is 11.0. The molecule has 2 aliphatic heterocycles. The summed E-state index contributed by atoms with van der Waals surface area (Å²) in [6.07, 6.45) is 3.30. The fourth-order valence-corrected chi connectivity index (χ4v) is 4.27. The van der Waals surface area contributed by atoms with Gasteiger partial charge < -0.3 is 19.5 Å². The van der Waals surface area contributed by atoms with Crippen molar-refractivity contribution < 1.29 is 24.2 Å². The molecule has 1 unspecified atom stereocenters. The second-order valence-corrected chi connectivity index (χ2v) is 6.42. The third-order valence-electron chi connectivity index (χ3n) is 5.17. The molecule has 3 rings (SSSR count). The summed E-state index contributed by atoms with van der Waals surface area (Å²) in [6.45, 7) is 5.27. The first-order valence-corrected chi connectivity index (χ1v) is 8.08. The van der Waals surface area contributed by atoms with E-state index in [2.05, 4.69) is 6.58 Å². The molecule has 5 atom stereocenters. The summed E-state index contributed by atoms with van der Waals surface area (Å²) in [5.41, 5.74) is 1.20. The van der Waals surface area contributed by atoms with Gasteiger partial charge in [-0.25, -0.2) is 4.79 Å². The average molecular weight is 321 g/mol. The normalized spacial score (nSPS) is 33.7. The number of β-lactam (4-membered cyclic amide) rings is 1. The molecule has 0 aromatic carbocycles. The standard InChI is InChI=1S/C17H23NO5/c1-4-8-23-17(21)15-13-10(6-5-7-11(13)22-3)14-12(9(2)19)16(20)18(14)15/h4,9-12,14,19H,1,5-8H2,2-3H3/t9?,10-,11-,12+,14+/m0/s1. The molecule has 3 aliphatic rings. The second-order valence-electron chi connectivity index (χ2n) is 6.42. The molecule has 2 fully saturated rings. The number of rotatable bonds is 5. The number of fused-ring (bicyclic) bond motifs is 3. The highest BCUT2D eigenvalue weighted by Crippen LogP contribution is 2.52. The Morgan fingerprint density at radius 1 is 1.52 bits per heavy atom. The lowest BCUT2D eigenvalue weighted by atomic mass is 9.72. The zero-order chi connectivity index (χ0) is 16.7. The number of ether oxygens (including phenoxy) is 2. The van der Waals surface area contributed by atoms with Gasteiger partial charge in [-0.2, -0.15) is 0 Å². The Labute approximate surface area is 135 Å². The van der Waals surface area contributed by atoms with Gasteiger partial charge in [0.1, 0.15) is 12.3 Å². The van der Waals surface area contributed by atoms with Crippen molar-refractivity contribution in [1.82, 2.24) is 4.90 Å². The summed E-state index contributed by atoms with van der Waals surface area (Å²) in [4.78, 5) is 26.5. The molecule has 0 aromatic rings. The van der Waals surface area contributed by atoms with Gasteiger partial charge in [0.05, 0.1) is 24.2 Å². The highest BCUT2D eigenvalue weighted by atomic mass is 16.5. The number of aliphatic hydroxyl groups excluding tert-OH is 1. The molecule has 0 radical (unpaired) electrons. The molecule has 0 aromatic heterocycles. The zero-order valence-corrected chi connectivity index (χ0v) is 13.5. The minimum atomic E-state index is -0.725. The fraction of sp³-hybridized carbons (Fsp3) is 0.647. The van der Waals surface area contributed by atoms with Crippen LogP contribution in [-0.2, 0) is 19.1 Å². The Balaban J connectivity index is 1.99. The molecule has 23 heavy (non-hydrogen) atoms. The van der Waals surface area contributed by atoms with Crippen LogP contribution >= 0.6 is 0 Å². The van der Waals surface area contributed by atoms with E-state index in [1.54, 1.807) is 14.0 Å². The van der Waals surface area contributed by atoms with Gasteiger partial charge >= 0.3 is 5.97 Å². The number of methoxy groups -OCH3 is 1. The minimum absolute atomic E-state index is 0.0669. The lowest BCUT2D eigenvalue weighted by Gasteiger charge is -2.47. The molecule has 2 heterocycles. The molecule has 1 saturated heterocycles. The molecule has 1 amide bonds. The highest BCUT2D eigenvalue weighted by Gasteiger charge is 2.62. The predicted molar refractivity (Wildman–Crippen MR) is 82.1 cm³/mol. The highest BCUT2D eigenvalue weighted by molar-refractivity contribution is 6.01. The van der Waals surface area contributed by atoms with Crippen LogP contribution in [0, 0.1) is 11.8 Å². The summed E-state index contributed by atoms with van der Waals surface area (Å²) in [7, 11) is 1.62. The summed E-state index contributed by atoms with van der Waals surface area (Å²) in [6, 6.07) is -0.151. The SMILES string of the molecule is C=CCOC(=O)C1=C2[C@@H](OC)CCC[C@@H]2[C@@H]2[C@@H](C(C)O)C(=O)N12. The minimum Gasteiger partial charge on any atom is -0.457 e. The first-order valence-electron chi connectivity index (χ1n) is 8.08. The average Bonchev–Trinajstić information content (AvgIpc) is 2.82. The van der Waals surface area contributed by atoms with Gasteiger partial charge in [-0.3, -0.25) is 4.79 Å². The van der Waals surface area contributed by atoms with E-state index in [1.807, 2.05) is 0 Å². The first kappa shape index (κ1) is 16.2. The van der Waals surface area contributed by atoms with Gasteiger partial charge in [0.2, 0.25) is 5.91 Å². The van der Waals surface area contributed by atoms with Gasteiger partial charge in [-0.15, -0.1) is 0 Å². The summed E-state index contributed by atoms with van der Waals surface area (Å²) < 4.78 is 10.7. The Kier molecular flexibility index (Phi) is 4.29. The van der Waals surface area contributed by atoms with Crippen LogP contribution in [0.5, 0.6) is 0 Å². The molecular weight excluding hydrogens is 298 g/mol. The molecule has 1 saturated carbocycles. The number of esters is 1. The monoisotopic (exact) mass is 321 g/mol. The van der Waals surface area contributed by atoms with E-state index >= 15 is 0 Å². The van der Waals surface area contributed by atoms with E-state index in [0.29, 0.717) is 5.70 Å². The number of amides is 1. The third kappa shape index (κ3) is 2.32. The second kappa shape index (κ2) is 6.09. The van der Waals surface area contributed by atoms with Gasteiger partial charge in [-0.1, -0.05) is 12.7 Å². The van der Waals surface area contributed by atoms with Crippen LogP contribution in [0.15, 0.2) is 23.9 Å². The third-order valence-corrected chi connectivity index (χ3v) is 5.17. The smallest absolute Gasteiger partial charge is 0.355 e.